The maximum atomic E-state index is 16.3. The zero-order valence-electron chi connectivity index (χ0n) is 47.2. The van der Waals surface area contributed by atoms with E-state index in [2.05, 4.69) is 21.3 Å². The summed E-state index contributed by atoms with van der Waals surface area (Å²) in [6, 6.07) is 18.2. The first-order chi connectivity index (χ1) is 40.9. The van der Waals surface area contributed by atoms with E-state index in [0.717, 1.165) is 39.2 Å². The molecule has 5 fully saturated rings. The summed E-state index contributed by atoms with van der Waals surface area (Å²) < 4.78 is 35.0. The lowest BCUT2D eigenvalue weighted by Gasteiger charge is -2.51. The first kappa shape index (κ1) is 57.7. The second-order valence-electron chi connectivity index (χ2n) is 19.7. The van der Waals surface area contributed by atoms with Crippen molar-refractivity contribution in [2.75, 3.05) is 75.3 Å². The molecule has 7 aliphatic heterocycles. The molecule has 0 spiro atoms. The molecule has 0 aromatic heterocycles. The van der Waals surface area contributed by atoms with Crippen molar-refractivity contribution in [2.24, 2.45) is 0 Å². The van der Waals surface area contributed by atoms with Crippen molar-refractivity contribution in [3.63, 3.8) is 0 Å². The van der Waals surface area contributed by atoms with Crippen LogP contribution in [-0.4, -0.2) is 176 Å². The van der Waals surface area contributed by atoms with Crippen LogP contribution in [0.5, 0.6) is 11.5 Å². The minimum atomic E-state index is -3.08. The fourth-order valence-electron chi connectivity index (χ4n) is 12.7. The molecule has 0 bridgehead atoms. The van der Waals surface area contributed by atoms with Crippen molar-refractivity contribution >= 4 is 82.8 Å². The number of nitrogens with one attached hydrogen (secondary N) is 4. The van der Waals surface area contributed by atoms with Crippen LogP contribution in [0.3, 0.4) is 0 Å². The maximum absolute atomic E-state index is 16.3. The molecular formula is C56H59N13O16. The number of nitrogens with zero attached hydrogens (tertiary/aromatic N) is 9. The molecule has 4 atom stereocenters. The van der Waals surface area contributed by atoms with Gasteiger partial charge in [-0.3, -0.25) is 39.2 Å². The standard InChI is InChI=1S/C54H56N12O16.C2H3N/c1-7-79-41(67)51-53(43(69)81-9-3)63-29-66-50(76)62-28-36-34(38(22-24-40(36)78-6)58-46(72)56-32-19-15-12-16-20-32)26-60-48(74)64(54(66,44(70)82-10-4)52(60,62)42(68)80-8-2)30-65(53)49(75)61(51)27-35-33(25-59(51)47(63)73)37(21-23-39(35)77-5)57-45(71)55-31-17-13-11-14-18-31;1-2-3/h11-24H,7-10,25-30H2,1-6H3,(H2,55,57,71)(H2,56,58,72);1H3/t51-,52-,53+,54+;/m0./s1. The van der Waals surface area contributed by atoms with E-state index in [0.29, 0.717) is 11.4 Å². The number of nitriles is 1. The monoisotopic (exact) mass is 1170 g/mol. The largest absolute Gasteiger partial charge is 0.496 e. The number of hydrogen-bond donors (Lipinski definition) is 4. The van der Waals surface area contributed by atoms with E-state index in [9.17, 15) is 9.59 Å². The van der Waals surface area contributed by atoms with Crippen LogP contribution in [0.25, 0.3) is 0 Å². The minimum Gasteiger partial charge on any atom is -0.496 e. The Hall–Kier alpha value is -10.5. The molecule has 0 aliphatic carbocycles. The quantitative estimate of drug-likeness (QED) is 0.0935. The molecule has 5 saturated heterocycles. The number of para-hydroxylation sites is 2. The lowest BCUT2D eigenvalue weighted by atomic mass is 9.88. The third kappa shape index (κ3) is 7.94. The molecule has 0 radical (unpaired) electrons. The third-order valence-electron chi connectivity index (χ3n) is 15.8. The van der Waals surface area contributed by atoms with Crippen molar-refractivity contribution in [2.45, 2.75) is 83.4 Å². The van der Waals surface area contributed by atoms with Gasteiger partial charge in [-0.15, -0.1) is 0 Å². The number of rotatable bonds is 14. The van der Waals surface area contributed by atoms with Crippen LogP contribution in [0.4, 0.5) is 51.5 Å². The predicted molar refractivity (Wildman–Crippen MR) is 294 cm³/mol. The molecule has 444 valence electrons. The van der Waals surface area contributed by atoms with Gasteiger partial charge in [-0.2, -0.15) is 5.26 Å². The summed E-state index contributed by atoms with van der Waals surface area (Å²) in [4.78, 5) is 162. The molecule has 4 aromatic rings. The van der Waals surface area contributed by atoms with Gasteiger partial charge in [0.15, 0.2) is 0 Å². The van der Waals surface area contributed by atoms with Crippen LogP contribution in [0.2, 0.25) is 0 Å². The van der Waals surface area contributed by atoms with Gasteiger partial charge in [0, 0.05) is 51.9 Å². The predicted octanol–water partition coefficient (Wildman–Crippen LogP) is 5.17. The van der Waals surface area contributed by atoms with E-state index in [-0.39, 0.29) is 58.3 Å². The maximum Gasteiger partial charge on any atom is 0.359 e. The highest BCUT2D eigenvalue weighted by Crippen LogP contribution is 2.62. The number of anilines is 4. The van der Waals surface area contributed by atoms with Crippen molar-refractivity contribution in [1.29, 1.82) is 5.26 Å². The van der Waals surface area contributed by atoms with Crippen molar-refractivity contribution in [3.05, 3.63) is 107 Å². The zero-order valence-corrected chi connectivity index (χ0v) is 47.2. The van der Waals surface area contributed by atoms with Gasteiger partial charge in [-0.05, 0) is 76.2 Å². The summed E-state index contributed by atoms with van der Waals surface area (Å²) in [5, 5.41) is 18.4. The smallest absolute Gasteiger partial charge is 0.359 e. The second kappa shape index (κ2) is 22.0. The van der Waals surface area contributed by atoms with Gasteiger partial charge in [0.1, 0.15) is 24.8 Å². The van der Waals surface area contributed by atoms with Crippen LogP contribution in [-0.2, 0) is 64.3 Å². The molecule has 11 rings (SSSR count). The number of hydrogen-bond acceptors (Lipinski definition) is 17. The van der Waals surface area contributed by atoms with Crippen LogP contribution in [0, 0.1) is 11.3 Å². The number of carbonyl (C=O) groups excluding carboxylic acids is 10. The van der Waals surface area contributed by atoms with Crippen molar-refractivity contribution in [1.82, 2.24) is 39.2 Å². The number of amides is 12. The zero-order chi connectivity index (χ0) is 60.9. The number of ether oxygens (including phenoxy) is 6. The Labute approximate surface area is 485 Å². The van der Waals surface area contributed by atoms with Crippen molar-refractivity contribution < 1.29 is 76.4 Å². The first-order valence-electron chi connectivity index (χ1n) is 27.0. The van der Waals surface area contributed by atoms with Gasteiger partial charge in [0.05, 0.1) is 72.9 Å². The molecule has 29 nitrogen and oxygen atoms in total. The molecule has 29 heteroatoms. The number of carbonyl (C=O) groups is 10. The van der Waals surface area contributed by atoms with Gasteiger partial charge in [-0.1, -0.05) is 36.4 Å². The molecule has 4 aromatic carbocycles. The number of benzene rings is 4. The van der Waals surface area contributed by atoms with E-state index in [1.807, 2.05) is 0 Å². The normalized spacial score (nSPS) is 22.6. The van der Waals surface area contributed by atoms with Gasteiger partial charge in [0.2, 0.25) is 0 Å². The molecule has 7 aliphatic rings. The number of methoxy groups -OCH3 is 2. The van der Waals surface area contributed by atoms with Gasteiger partial charge in [0.25, 0.3) is 22.7 Å². The Balaban J connectivity index is 0.00000262. The average Bonchev–Trinajstić information content (AvgIpc) is 1.47. The highest BCUT2D eigenvalue weighted by atomic mass is 16.6. The van der Waals surface area contributed by atoms with E-state index in [4.69, 9.17) is 33.7 Å². The molecular weight excluding hydrogens is 1110 g/mol. The van der Waals surface area contributed by atoms with Gasteiger partial charge < -0.3 is 49.7 Å². The Bertz CT molecular complexity index is 3290. The lowest BCUT2D eigenvalue weighted by Crippen LogP contribution is -2.81. The van der Waals surface area contributed by atoms with E-state index in [1.165, 1.54) is 73.1 Å². The minimum absolute atomic E-state index is 0.0727. The highest BCUT2D eigenvalue weighted by Gasteiger charge is 2.93. The lowest BCUT2D eigenvalue weighted by molar-refractivity contribution is -0.209. The van der Waals surface area contributed by atoms with Crippen molar-refractivity contribution in [3.8, 4) is 17.6 Å². The van der Waals surface area contributed by atoms with Crippen LogP contribution in [0.15, 0.2) is 84.9 Å². The Kier molecular flexibility index (Phi) is 14.9. The molecule has 7 heterocycles. The van der Waals surface area contributed by atoms with Crippen LogP contribution < -0.4 is 30.7 Å². The summed E-state index contributed by atoms with van der Waals surface area (Å²) in [6.07, 6.45) is 0. The summed E-state index contributed by atoms with van der Waals surface area (Å²) in [5.41, 5.74) is -10.5. The topological polar surface area (TPSA) is 324 Å². The summed E-state index contributed by atoms with van der Waals surface area (Å²) in [7, 11) is 2.66. The van der Waals surface area contributed by atoms with Gasteiger partial charge in [-0.25, -0.2) is 47.9 Å². The van der Waals surface area contributed by atoms with E-state index < -0.39 is 135 Å². The van der Waals surface area contributed by atoms with E-state index in [1.54, 1.807) is 66.7 Å². The highest BCUT2D eigenvalue weighted by molar-refractivity contribution is 6.13. The van der Waals surface area contributed by atoms with Gasteiger partial charge >= 0.3 is 60.1 Å². The summed E-state index contributed by atoms with van der Waals surface area (Å²) in [5.74, 6) is -5.27. The number of fused-ring (bicyclic) bond motifs is 2. The molecule has 85 heavy (non-hydrogen) atoms. The number of urea groups is 6. The average molecular weight is 1170 g/mol. The Morgan fingerprint density at radius 3 is 0.976 bits per heavy atom. The Morgan fingerprint density at radius 2 is 0.706 bits per heavy atom. The van der Waals surface area contributed by atoms with Crippen LogP contribution in [0.1, 0.15) is 56.9 Å². The van der Waals surface area contributed by atoms with E-state index >= 15 is 38.4 Å². The first-order valence-corrected chi connectivity index (χ1v) is 27.0. The molecule has 4 N–H and O–H groups in total. The second-order valence-corrected chi connectivity index (χ2v) is 19.7. The molecule has 0 unspecified atom stereocenters. The Morgan fingerprint density at radius 1 is 0.435 bits per heavy atom. The third-order valence-corrected chi connectivity index (χ3v) is 15.8. The van der Waals surface area contributed by atoms with Crippen LogP contribution >= 0.6 is 0 Å². The fourth-order valence-corrected chi connectivity index (χ4v) is 12.7. The molecule has 12 amide bonds. The summed E-state index contributed by atoms with van der Waals surface area (Å²) >= 11 is 0. The SMILES string of the molecule is CC#N.CCOC(=O)[C@@]12N3CN4C(=O)N5Cc6c(OC)ccc(NC(=O)Nc7ccccc7)c6CN6C(=O)N(CN1C(=O)N1Cc7c(OC)ccc(NC(=O)Nc8ccccc8)c7CN(C3=O)[C@@]12C(=O)OCC)[C@@]4(C(=O)OCC)[C@@]65C(=O)OCC. The summed E-state index contributed by atoms with van der Waals surface area (Å²) in [6.45, 7) is 0.349. The molecule has 0 saturated carbocycles. The fraction of sp³-hybridized carbons (Fsp3) is 0.375. The number of esters is 4.